The van der Waals surface area contributed by atoms with Crippen LogP contribution in [0.2, 0.25) is 0 Å². The van der Waals surface area contributed by atoms with Crippen molar-refractivity contribution in [2.45, 2.75) is 57.9 Å². The molecule has 0 unspecified atom stereocenters. The zero-order valence-electron chi connectivity index (χ0n) is 13.7. The Morgan fingerprint density at radius 1 is 1.09 bits per heavy atom. The van der Waals surface area contributed by atoms with Gasteiger partial charge in [0.25, 0.3) is 0 Å². The lowest BCUT2D eigenvalue weighted by molar-refractivity contribution is -0.123. The zero-order valence-corrected chi connectivity index (χ0v) is 13.7. The highest BCUT2D eigenvalue weighted by Crippen LogP contribution is 2.24. The first-order valence-electron chi connectivity index (χ1n) is 8.86. The van der Waals surface area contributed by atoms with E-state index in [9.17, 15) is 4.79 Å². The number of benzene rings is 1. The van der Waals surface area contributed by atoms with Crippen molar-refractivity contribution in [3.8, 4) is 0 Å². The average molecular weight is 300 g/mol. The Morgan fingerprint density at radius 3 is 2.59 bits per heavy atom. The first-order valence-corrected chi connectivity index (χ1v) is 8.86. The van der Waals surface area contributed by atoms with E-state index in [0.717, 1.165) is 13.1 Å². The van der Waals surface area contributed by atoms with Crippen LogP contribution in [0.15, 0.2) is 18.2 Å². The first-order chi connectivity index (χ1) is 10.7. The molecule has 1 saturated heterocycles. The van der Waals surface area contributed by atoms with Crippen molar-refractivity contribution in [2.75, 3.05) is 19.6 Å². The molecule has 3 nitrogen and oxygen atoms in total. The fourth-order valence-electron chi connectivity index (χ4n) is 3.71. The van der Waals surface area contributed by atoms with Gasteiger partial charge in [-0.15, -0.1) is 0 Å². The van der Waals surface area contributed by atoms with Crippen molar-refractivity contribution in [3.05, 3.63) is 34.9 Å². The second kappa shape index (κ2) is 7.28. The van der Waals surface area contributed by atoms with Gasteiger partial charge in [0.1, 0.15) is 0 Å². The van der Waals surface area contributed by atoms with E-state index in [2.05, 4.69) is 35.3 Å². The molecule has 1 fully saturated rings. The Morgan fingerprint density at radius 2 is 1.82 bits per heavy atom. The van der Waals surface area contributed by atoms with Gasteiger partial charge in [-0.1, -0.05) is 24.6 Å². The van der Waals surface area contributed by atoms with Gasteiger partial charge >= 0.3 is 0 Å². The lowest BCUT2D eigenvalue weighted by atomic mass is 9.89. The van der Waals surface area contributed by atoms with E-state index in [0.29, 0.717) is 6.54 Å². The molecule has 22 heavy (non-hydrogen) atoms. The van der Waals surface area contributed by atoms with E-state index in [-0.39, 0.29) is 11.9 Å². The number of rotatable bonds is 4. The SMILES string of the molecule is C[C@@H](NC(=O)CN1CCCCC1)c1ccc2c(c1)CCCC2. The van der Waals surface area contributed by atoms with Crippen LogP contribution in [0.1, 0.15) is 61.8 Å². The quantitative estimate of drug-likeness (QED) is 0.926. The molecule has 0 saturated carbocycles. The maximum Gasteiger partial charge on any atom is 0.234 e. The lowest BCUT2D eigenvalue weighted by Gasteiger charge is -2.26. The molecule has 3 rings (SSSR count). The van der Waals surface area contributed by atoms with E-state index < -0.39 is 0 Å². The first kappa shape index (κ1) is 15.5. The molecule has 1 aromatic carbocycles. The van der Waals surface area contributed by atoms with E-state index in [1.807, 2.05) is 0 Å². The van der Waals surface area contributed by atoms with E-state index in [1.54, 1.807) is 0 Å². The zero-order chi connectivity index (χ0) is 15.4. The van der Waals surface area contributed by atoms with Crippen molar-refractivity contribution in [2.24, 2.45) is 0 Å². The number of hydrogen-bond acceptors (Lipinski definition) is 2. The van der Waals surface area contributed by atoms with Crippen LogP contribution in [0.5, 0.6) is 0 Å². The Balaban J connectivity index is 1.56. The topological polar surface area (TPSA) is 32.3 Å². The Hall–Kier alpha value is -1.35. The summed E-state index contributed by atoms with van der Waals surface area (Å²) in [4.78, 5) is 14.5. The fraction of sp³-hybridized carbons (Fsp3) is 0.632. The molecule has 1 atom stereocenters. The van der Waals surface area contributed by atoms with Gasteiger partial charge in [-0.05, 0) is 75.2 Å². The molecule has 1 aromatic rings. The predicted octanol–water partition coefficient (Wildman–Crippen LogP) is 3.23. The molecule has 1 aliphatic heterocycles. The Labute approximate surface area is 134 Å². The summed E-state index contributed by atoms with van der Waals surface area (Å²) in [6, 6.07) is 6.86. The molecular weight excluding hydrogens is 272 g/mol. The van der Waals surface area contributed by atoms with Crippen LogP contribution in [0.3, 0.4) is 0 Å². The number of carbonyl (C=O) groups excluding carboxylic acids is 1. The second-order valence-electron chi connectivity index (χ2n) is 6.86. The molecule has 1 amide bonds. The summed E-state index contributed by atoms with van der Waals surface area (Å²) in [7, 11) is 0. The predicted molar refractivity (Wildman–Crippen MR) is 89.9 cm³/mol. The van der Waals surface area contributed by atoms with E-state index >= 15 is 0 Å². The van der Waals surface area contributed by atoms with Crippen molar-refractivity contribution in [1.82, 2.24) is 10.2 Å². The number of aryl methyl sites for hydroxylation is 2. The van der Waals surface area contributed by atoms with E-state index in [1.165, 1.54) is 61.6 Å². The van der Waals surface area contributed by atoms with Gasteiger partial charge in [-0.25, -0.2) is 0 Å². The molecular formula is C19H28N2O. The van der Waals surface area contributed by atoms with Gasteiger partial charge in [0.15, 0.2) is 0 Å². The molecule has 0 bridgehead atoms. The van der Waals surface area contributed by atoms with Crippen molar-refractivity contribution in [3.63, 3.8) is 0 Å². The standard InChI is InChI=1S/C19H28N2O/c1-15(20-19(22)14-21-11-5-2-6-12-21)17-10-9-16-7-3-4-8-18(16)13-17/h9-10,13,15H,2-8,11-12,14H2,1H3,(H,20,22)/t15-/m1/s1. The Bertz CT molecular complexity index is 520. The molecule has 0 radical (unpaired) electrons. The van der Waals surface area contributed by atoms with Crippen LogP contribution in [0.25, 0.3) is 0 Å². The summed E-state index contributed by atoms with van der Waals surface area (Å²) in [6.45, 7) is 4.79. The third kappa shape index (κ3) is 3.89. The van der Waals surface area contributed by atoms with Gasteiger partial charge in [0, 0.05) is 0 Å². The molecule has 1 N–H and O–H groups in total. The van der Waals surface area contributed by atoms with Gasteiger partial charge in [0.2, 0.25) is 5.91 Å². The highest BCUT2D eigenvalue weighted by atomic mass is 16.2. The Kier molecular flexibility index (Phi) is 5.14. The minimum absolute atomic E-state index is 0.101. The third-order valence-electron chi connectivity index (χ3n) is 5.07. The monoisotopic (exact) mass is 300 g/mol. The average Bonchev–Trinajstić information content (AvgIpc) is 2.55. The number of fused-ring (bicyclic) bond motifs is 1. The normalized spacial score (nSPS) is 20.2. The van der Waals surface area contributed by atoms with Gasteiger partial charge in [-0.2, -0.15) is 0 Å². The number of hydrogen-bond donors (Lipinski definition) is 1. The number of nitrogens with one attached hydrogen (secondary N) is 1. The molecule has 1 aliphatic carbocycles. The molecule has 2 aliphatic rings. The van der Waals surface area contributed by atoms with Crippen molar-refractivity contribution in [1.29, 1.82) is 0 Å². The van der Waals surface area contributed by atoms with Crippen LogP contribution in [0.4, 0.5) is 0 Å². The summed E-state index contributed by atoms with van der Waals surface area (Å²) in [5, 5.41) is 3.17. The number of carbonyl (C=O) groups is 1. The van der Waals surface area contributed by atoms with Crippen molar-refractivity contribution >= 4 is 5.91 Å². The smallest absolute Gasteiger partial charge is 0.234 e. The highest BCUT2D eigenvalue weighted by molar-refractivity contribution is 5.78. The summed E-state index contributed by atoms with van der Waals surface area (Å²) in [5.74, 6) is 0.159. The molecule has 0 spiro atoms. The molecule has 120 valence electrons. The van der Waals surface area contributed by atoms with Gasteiger partial charge < -0.3 is 5.32 Å². The molecule has 3 heteroatoms. The number of likely N-dealkylation sites (tertiary alicyclic amines) is 1. The molecule has 1 heterocycles. The summed E-state index contributed by atoms with van der Waals surface area (Å²) < 4.78 is 0. The van der Waals surface area contributed by atoms with Crippen LogP contribution in [0, 0.1) is 0 Å². The number of amides is 1. The van der Waals surface area contributed by atoms with Gasteiger partial charge in [0.05, 0.1) is 12.6 Å². The van der Waals surface area contributed by atoms with Crippen LogP contribution >= 0.6 is 0 Å². The minimum Gasteiger partial charge on any atom is -0.348 e. The summed E-state index contributed by atoms with van der Waals surface area (Å²) in [6.07, 6.45) is 8.79. The highest BCUT2D eigenvalue weighted by Gasteiger charge is 2.17. The third-order valence-corrected chi connectivity index (χ3v) is 5.07. The lowest BCUT2D eigenvalue weighted by Crippen LogP contribution is -2.40. The van der Waals surface area contributed by atoms with Crippen LogP contribution < -0.4 is 5.32 Å². The fourth-order valence-corrected chi connectivity index (χ4v) is 3.71. The van der Waals surface area contributed by atoms with Crippen LogP contribution in [-0.2, 0) is 17.6 Å². The number of piperidine rings is 1. The van der Waals surface area contributed by atoms with Gasteiger partial charge in [-0.3, -0.25) is 9.69 Å². The maximum absolute atomic E-state index is 12.2. The largest absolute Gasteiger partial charge is 0.348 e. The second-order valence-corrected chi connectivity index (χ2v) is 6.86. The molecule has 0 aromatic heterocycles. The van der Waals surface area contributed by atoms with E-state index in [4.69, 9.17) is 0 Å². The summed E-state index contributed by atoms with van der Waals surface area (Å²) in [5.41, 5.74) is 4.23. The van der Waals surface area contributed by atoms with Crippen LogP contribution in [-0.4, -0.2) is 30.4 Å². The number of nitrogens with zero attached hydrogens (tertiary/aromatic N) is 1. The summed E-state index contributed by atoms with van der Waals surface area (Å²) >= 11 is 0. The maximum atomic E-state index is 12.2. The van der Waals surface area contributed by atoms with Crippen molar-refractivity contribution < 1.29 is 4.79 Å². The minimum atomic E-state index is 0.101.